The Kier molecular flexibility index (Phi) is 6.82. The zero-order chi connectivity index (χ0) is 18.4. The van der Waals surface area contributed by atoms with Gasteiger partial charge in [-0.25, -0.2) is 0 Å². The summed E-state index contributed by atoms with van der Waals surface area (Å²) in [6, 6.07) is 4.03. The van der Waals surface area contributed by atoms with Gasteiger partial charge >= 0.3 is 5.97 Å². The molecule has 138 valence electrons. The van der Waals surface area contributed by atoms with Gasteiger partial charge in [0, 0.05) is 25.6 Å². The second-order valence-electron chi connectivity index (χ2n) is 6.76. The highest BCUT2D eigenvalue weighted by molar-refractivity contribution is 6.00. The predicted octanol–water partition coefficient (Wildman–Crippen LogP) is 1.77. The molecule has 6 heteroatoms. The molecule has 0 fully saturated rings. The van der Waals surface area contributed by atoms with Crippen LogP contribution >= 0.6 is 0 Å². The largest absolute Gasteiger partial charge is 0.466 e. The molecule has 2 rings (SSSR count). The Morgan fingerprint density at radius 2 is 2.12 bits per heavy atom. The second kappa shape index (κ2) is 8.85. The van der Waals surface area contributed by atoms with Gasteiger partial charge in [0.1, 0.15) is 0 Å². The van der Waals surface area contributed by atoms with E-state index in [9.17, 15) is 9.59 Å². The summed E-state index contributed by atoms with van der Waals surface area (Å²) >= 11 is 0. The zero-order valence-corrected chi connectivity index (χ0v) is 15.2. The van der Waals surface area contributed by atoms with Crippen LogP contribution in [-0.4, -0.2) is 37.6 Å². The quantitative estimate of drug-likeness (QED) is 0.524. The minimum atomic E-state index is -0.413. The van der Waals surface area contributed by atoms with Gasteiger partial charge in [-0.3, -0.25) is 9.59 Å². The van der Waals surface area contributed by atoms with Gasteiger partial charge in [0.05, 0.1) is 17.9 Å². The van der Waals surface area contributed by atoms with Crippen molar-refractivity contribution in [2.75, 3.05) is 24.6 Å². The molecule has 0 saturated heterocycles. The second-order valence-corrected chi connectivity index (χ2v) is 6.76. The molecule has 1 aromatic rings. The van der Waals surface area contributed by atoms with Crippen LogP contribution in [0.25, 0.3) is 0 Å². The number of amides is 1. The van der Waals surface area contributed by atoms with Crippen LogP contribution in [0.2, 0.25) is 0 Å². The van der Waals surface area contributed by atoms with E-state index in [0.717, 1.165) is 55.6 Å². The summed E-state index contributed by atoms with van der Waals surface area (Å²) in [5.74, 6) is -0.563. The van der Waals surface area contributed by atoms with Crippen molar-refractivity contribution in [2.45, 2.75) is 52.0 Å². The summed E-state index contributed by atoms with van der Waals surface area (Å²) in [4.78, 5) is 25.5. The van der Waals surface area contributed by atoms with Gasteiger partial charge < -0.3 is 21.1 Å². The lowest BCUT2D eigenvalue weighted by Gasteiger charge is -2.22. The molecule has 0 spiro atoms. The Bertz CT molecular complexity index is 629. The van der Waals surface area contributed by atoms with Crippen LogP contribution in [0.1, 0.15) is 54.6 Å². The Labute approximate surface area is 149 Å². The standard InChI is InChI=1S/C19H29N3O3/c1-3-5-17(23)25-9-4-7-22-8-6-15-11-14(10-13(2)20)12-16(18(15)22)19(21)24/h11-13H,3-10,20H2,1-2H3,(H2,21,24)/t13-/m1/s1. The van der Waals surface area contributed by atoms with Crippen LogP contribution in [-0.2, 0) is 22.4 Å². The summed E-state index contributed by atoms with van der Waals surface area (Å²) in [6.45, 7) is 5.88. The van der Waals surface area contributed by atoms with Gasteiger partial charge in [0.15, 0.2) is 0 Å². The summed E-state index contributed by atoms with van der Waals surface area (Å²) in [7, 11) is 0. The maximum Gasteiger partial charge on any atom is 0.305 e. The number of primary amides is 1. The number of carbonyl (C=O) groups excluding carboxylic acids is 2. The SMILES string of the molecule is CCCC(=O)OCCCN1CCc2cc(C[C@@H](C)N)cc(C(N)=O)c21. The van der Waals surface area contributed by atoms with Gasteiger partial charge in [-0.2, -0.15) is 0 Å². The number of anilines is 1. The van der Waals surface area contributed by atoms with E-state index in [0.29, 0.717) is 18.6 Å². The first-order valence-corrected chi connectivity index (χ1v) is 9.04. The number of carbonyl (C=O) groups is 2. The maximum absolute atomic E-state index is 11.9. The minimum absolute atomic E-state index is 0.0362. The number of hydrogen-bond donors (Lipinski definition) is 2. The third-order valence-electron chi connectivity index (χ3n) is 4.33. The molecule has 1 aliphatic rings. The van der Waals surface area contributed by atoms with Crippen LogP contribution < -0.4 is 16.4 Å². The number of rotatable bonds is 9. The summed E-state index contributed by atoms with van der Waals surface area (Å²) < 4.78 is 5.20. The highest BCUT2D eigenvalue weighted by Crippen LogP contribution is 2.33. The van der Waals surface area contributed by atoms with Crippen LogP contribution in [0.4, 0.5) is 5.69 Å². The van der Waals surface area contributed by atoms with Crippen molar-refractivity contribution in [3.8, 4) is 0 Å². The van der Waals surface area contributed by atoms with E-state index >= 15 is 0 Å². The summed E-state index contributed by atoms with van der Waals surface area (Å²) in [5, 5.41) is 0. The number of benzene rings is 1. The zero-order valence-electron chi connectivity index (χ0n) is 15.2. The molecule has 0 aliphatic carbocycles. The van der Waals surface area contributed by atoms with Crippen LogP contribution in [0.5, 0.6) is 0 Å². The van der Waals surface area contributed by atoms with Gasteiger partial charge in [0.25, 0.3) is 5.91 Å². The summed E-state index contributed by atoms with van der Waals surface area (Å²) in [5.41, 5.74) is 15.2. The Hall–Kier alpha value is -2.08. The molecule has 1 amide bonds. The van der Waals surface area contributed by atoms with Crippen molar-refractivity contribution in [2.24, 2.45) is 11.5 Å². The average Bonchev–Trinajstić information content (AvgIpc) is 2.93. The lowest BCUT2D eigenvalue weighted by molar-refractivity contribution is -0.143. The lowest BCUT2D eigenvalue weighted by atomic mass is 9.98. The number of fused-ring (bicyclic) bond motifs is 1. The van der Waals surface area contributed by atoms with E-state index in [-0.39, 0.29) is 12.0 Å². The van der Waals surface area contributed by atoms with Crippen LogP contribution in [0.15, 0.2) is 12.1 Å². The lowest BCUT2D eigenvalue weighted by Crippen LogP contribution is -2.26. The van der Waals surface area contributed by atoms with E-state index in [2.05, 4.69) is 11.0 Å². The van der Waals surface area contributed by atoms with Crippen LogP contribution in [0, 0.1) is 0 Å². The number of ether oxygens (including phenoxy) is 1. The molecule has 0 aromatic heterocycles. The maximum atomic E-state index is 11.9. The molecule has 0 unspecified atom stereocenters. The average molecular weight is 347 g/mol. The number of esters is 1. The molecule has 1 atom stereocenters. The predicted molar refractivity (Wildman–Crippen MR) is 98.7 cm³/mol. The van der Waals surface area contributed by atoms with Crippen molar-refractivity contribution in [1.29, 1.82) is 0 Å². The van der Waals surface area contributed by atoms with E-state index in [1.807, 2.05) is 19.9 Å². The minimum Gasteiger partial charge on any atom is -0.466 e. The first kappa shape index (κ1) is 19.2. The summed E-state index contributed by atoms with van der Waals surface area (Å²) in [6.07, 6.45) is 3.60. The van der Waals surface area contributed by atoms with Crippen molar-refractivity contribution >= 4 is 17.6 Å². The van der Waals surface area contributed by atoms with Crippen molar-refractivity contribution in [1.82, 2.24) is 0 Å². The van der Waals surface area contributed by atoms with Gasteiger partial charge in [-0.05, 0) is 49.8 Å². The molecule has 0 radical (unpaired) electrons. The fraction of sp³-hybridized carbons (Fsp3) is 0.579. The highest BCUT2D eigenvalue weighted by atomic mass is 16.5. The Morgan fingerprint density at radius 3 is 2.76 bits per heavy atom. The molecule has 0 bridgehead atoms. The topological polar surface area (TPSA) is 98.7 Å². The van der Waals surface area contributed by atoms with Crippen molar-refractivity contribution in [3.63, 3.8) is 0 Å². The van der Waals surface area contributed by atoms with Crippen molar-refractivity contribution < 1.29 is 14.3 Å². The fourth-order valence-electron chi connectivity index (χ4n) is 3.31. The van der Waals surface area contributed by atoms with Gasteiger partial charge in [-0.15, -0.1) is 0 Å². The molecular formula is C19H29N3O3. The number of nitrogens with two attached hydrogens (primary N) is 2. The molecule has 1 aromatic carbocycles. The van der Waals surface area contributed by atoms with Gasteiger partial charge in [0.2, 0.25) is 0 Å². The first-order chi connectivity index (χ1) is 11.9. The fourth-order valence-corrected chi connectivity index (χ4v) is 3.31. The molecular weight excluding hydrogens is 318 g/mol. The third-order valence-corrected chi connectivity index (χ3v) is 4.33. The Morgan fingerprint density at radius 1 is 1.36 bits per heavy atom. The normalized spacial score (nSPS) is 14.3. The molecule has 0 saturated carbocycles. The number of nitrogens with zero attached hydrogens (tertiary/aromatic N) is 1. The van der Waals surface area contributed by atoms with E-state index in [1.54, 1.807) is 0 Å². The first-order valence-electron chi connectivity index (χ1n) is 9.04. The molecule has 4 N–H and O–H groups in total. The molecule has 25 heavy (non-hydrogen) atoms. The smallest absolute Gasteiger partial charge is 0.305 e. The highest BCUT2D eigenvalue weighted by Gasteiger charge is 2.25. The van der Waals surface area contributed by atoms with Gasteiger partial charge in [-0.1, -0.05) is 13.0 Å². The monoisotopic (exact) mass is 347 g/mol. The molecule has 1 heterocycles. The van der Waals surface area contributed by atoms with Crippen LogP contribution in [0.3, 0.4) is 0 Å². The Balaban J connectivity index is 2.05. The molecule has 1 aliphatic heterocycles. The van der Waals surface area contributed by atoms with E-state index in [1.165, 1.54) is 0 Å². The third kappa shape index (κ3) is 5.19. The molecule has 6 nitrogen and oxygen atoms in total. The van der Waals surface area contributed by atoms with E-state index in [4.69, 9.17) is 16.2 Å². The van der Waals surface area contributed by atoms with Crippen molar-refractivity contribution in [3.05, 3.63) is 28.8 Å². The number of hydrogen-bond acceptors (Lipinski definition) is 5. The van der Waals surface area contributed by atoms with E-state index < -0.39 is 5.91 Å².